The zero-order valence-electron chi connectivity index (χ0n) is 17.3. The average Bonchev–Trinajstić information content (AvgIpc) is 3.35. The Morgan fingerprint density at radius 3 is 2.58 bits per heavy atom. The molecule has 0 fully saturated rings. The van der Waals surface area contributed by atoms with Gasteiger partial charge in [0, 0.05) is 24.7 Å². The van der Waals surface area contributed by atoms with Gasteiger partial charge in [0.15, 0.2) is 0 Å². The van der Waals surface area contributed by atoms with Gasteiger partial charge in [0.2, 0.25) is 0 Å². The summed E-state index contributed by atoms with van der Waals surface area (Å²) in [6, 6.07) is 13.8. The van der Waals surface area contributed by atoms with Crippen LogP contribution in [0.3, 0.4) is 0 Å². The molecule has 1 aromatic heterocycles. The first kappa shape index (κ1) is 19.8. The number of nitrogens with one attached hydrogen (secondary N) is 1. The number of sulfonamides is 1. The molecule has 2 heterocycles. The van der Waals surface area contributed by atoms with Crippen molar-refractivity contribution >= 4 is 27.4 Å². The summed E-state index contributed by atoms with van der Waals surface area (Å²) in [5.41, 5.74) is 4.32. The highest BCUT2D eigenvalue weighted by Crippen LogP contribution is 2.32. The standard InChI is InChI=1S/C23H24N4O3S/c1-26-22(19-8-4-9-20(19)25-26)24-23(28)17-11-13-18(14-12-17)31(29,30)27-15-5-7-16-6-2-3-10-21(16)27/h2-3,6,10-14H,4-5,7-9,15H2,1H3,(H,24,28). The SMILES string of the molecule is Cn1nc2c(c1NC(=O)c1ccc(S(=O)(=O)N3CCCc4ccccc43)cc1)CCC2. The van der Waals surface area contributed by atoms with Gasteiger partial charge in [-0.25, -0.2) is 8.42 Å². The fourth-order valence-corrected chi connectivity index (χ4v) is 6.05. The number of anilines is 2. The maximum Gasteiger partial charge on any atom is 0.264 e. The van der Waals surface area contributed by atoms with E-state index in [0.717, 1.165) is 60.4 Å². The van der Waals surface area contributed by atoms with Gasteiger partial charge in [-0.15, -0.1) is 0 Å². The quantitative estimate of drug-likeness (QED) is 0.680. The Kier molecular flexibility index (Phi) is 4.81. The van der Waals surface area contributed by atoms with Crippen molar-refractivity contribution in [3.63, 3.8) is 0 Å². The average molecular weight is 437 g/mol. The van der Waals surface area contributed by atoms with Crippen LogP contribution in [0.2, 0.25) is 0 Å². The van der Waals surface area contributed by atoms with E-state index in [1.54, 1.807) is 16.8 Å². The van der Waals surface area contributed by atoms with Crippen molar-refractivity contribution in [3.8, 4) is 0 Å². The number of fused-ring (bicyclic) bond motifs is 2. The Bertz CT molecular complexity index is 1260. The van der Waals surface area contributed by atoms with Gasteiger partial charge in [-0.1, -0.05) is 18.2 Å². The van der Waals surface area contributed by atoms with Gasteiger partial charge in [-0.3, -0.25) is 13.8 Å². The van der Waals surface area contributed by atoms with E-state index in [4.69, 9.17) is 0 Å². The highest BCUT2D eigenvalue weighted by molar-refractivity contribution is 7.92. The molecule has 2 aromatic carbocycles. The lowest BCUT2D eigenvalue weighted by Gasteiger charge is -2.30. The molecule has 0 atom stereocenters. The molecule has 0 radical (unpaired) electrons. The summed E-state index contributed by atoms with van der Waals surface area (Å²) < 4.78 is 29.7. The first-order chi connectivity index (χ1) is 14.9. The molecule has 0 saturated heterocycles. The number of carbonyl (C=O) groups excluding carboxylic acids is 1. The molecule has 3 aromatic rings. The summed E-state index contributed by atoms with van der Waals surface area (Å²) in [7, 11) is -1.88. The number of aryl methyl sites for hydroxylation is 3. The molecule has 7 nitrogen and oxygen atoms in total. The van der Waals surface area contributed by atoms with Crippen LogP contribution in [-0.4, -0.2) is 30.7 Å². The highest BCUT2D eigenvalue weighted by atomic mass is 32.2. The predicted octanol–water partition coefficient (Wildman–Crippen LogP) is 3.30. The number of rotatable bonds is 4. The number of aromatic nitrogens is 2. The third kappa shape index (κ3) is 3.40. The Balaban J connectivity index is 1.38. The Hall–Kier alpha value is -3.13. The van der Waals surface area contributed by atoms with Gasteiger partial charge in [0.05, 0.1) is 16.3 Å². The van der Waals surface area contributed by atoms with E-state index in [9.17, 15) is 13.2 Å². The molecular formula is C23H24N4O3S. The third-order valence-electron chi connectivity index (χ3n) is 6.07. The van der Waals surface area contributed by atoms with Crippen LogP contribution < -0.4 is 9.62 Å². The number of nitrogens with zero attached hydrogens (tertiary/aromatic N) is 3. The maximum absolute atomic E-state index is 13.3. The van der Waals surface area contributed by atoms with Crippen LogP contribution in [-0.2, 0) is 36.3 Å². The van der Waals surface area contributed by atoms with Gasteiger partial charge in [0.25, 0.3) is 15.9 Å². The Labute approximate surface area is 181 Å². The number of hydrogen-bond acceptors (Lipinski definition) is 4. The van der Waals surface area contributed by atoms with Crippen molar-refractivity contribution in [1.29, 1.82) is 0 Å². The van der Waals surface area contributed by atoms with E-state index >= 15 is 0 Å². The summed E-state index contributed by atoms with van der Waals surface area (Å²) >= 11 is 0. The maximum atomic E-state index is 13.3. The van der Waals surface area contributed by atoms with Crippen molar-refractivity contribution in [3.05, 3.63) is 70.9 Å². The first-order valence-electron chi connectivity index (χ1n) is 10.5. The van der Waals surface area contributed by atoms with Crippen molar-refractivity contribution < 1.29 is 13.2 Å². The van der Waals surface area contributed by atoms with E-state index in [1.165, 1.54) is 16.4 Å². The van der Waals surface area contributed by atoms with Gasteiger partial charge in [-0.2, -0.15) is 5.10 Å². The molecule has 0 spiro atoms. The smallest absolute Gasteiger partial charge is 0.264 e. The van der Waals surface area contributed by atoms with E-state index < -0.39 is 10.0 Å². The topological polar surface area (TPSA) is 84.3 Å². The molecule has 1 aliphatic carbocycles. The molecular weight excluding hydrogens is 412 g/mol. The first-order valence-corrected chi connectivity index (χ1v) is 12.0. The van der Waals surface area contributed by atoms with Crippen molar-refractivity contribution in [2.75, 3.05) is 16.2 Å². The van der Waals surface area contributed by atoms with Crippen molar-refractivity contribution in [1.82, 2.24) is 9.78 Å². The molecule has 1 amide bonds. The van der Waals surface area contributed by atoms with Crippen molar-refractivity contribution in [2.24, 2.45) is 7.05 Å². The van der Waals surface area contributed by atoms with Gasteiger partial charge < -0.3 is 5.32 Å². The van der Waals surface area contributed by atoms with Crippen LogP contribution in [0.15, 0.2) is 53.4 Å². The van der Waals surface area contributed by atoms with Crippen LogP contribution in [0.25, 0.3) is 0 Å². The van der Waals surface area contributed by atoms with Crippen LogP contribution in [0.5, 0.6) is 0 Å². The molecule has 1 aliphatic heterocycles. The summed E-state index contributed by atoms with van der Waals surface area (Å²) in [5, 5.41) is 7.41. The van der Waals surface area contributed by atoms with E-state index in [1.807, 2.05) is 31.3 Å². The van der Waals surface area contributed by atoms with E-state index in [0.29, 0.717) is 12.1 Å². The second-order valence-corrected chi connectivity index (χ2v) is 9.90. The molecule has 0 bridgehead atoms. The fraction of sp³-hybridized carbons (Fsp3) is 0.304. The lowest BCUT2D eigenvalue weighted by atomic mass is 10.0. The van der Waals surface area contributed by atoms with E-state index in [2.05, 4.69) is 10.4 Å². The minimum Gasteiger partial charge on any atom is -0.307 e. The summed E-state index contributed by atoms with van der Waals surface area (Å²) in [5.74, 6) is 0.448. The zero-order chi connectivity index (χ0) is 21.6. The second kappa shape index (κ2) is 7.53. The van der Waals surface area contributed by atoms with Gasteiger partial charge in [0.1, 0.15) is 5.82 Å². The Morgan fingerprint density at radius 2 is 1.77 bits per heavy atom. The number of benzene rings is 2. The number of amides is 1. The summed E-state index contributed by atoms with van der Waals surface area (Å²) in [4.78, 5) is 13.0. The Morgan fingerprint density at radius 1 is 1.00 bits per heavy atom. The third-order valence-corrected chi connectivity index (χ3v) is 7.90. The predicted molar refractivity (Wildman–Crippen MR) is 119 cm³/mol. The monoisotopic (exact) mass is 436 g/mol. The van der Waals surface area contributed by atoms with Gasteiger partial charge in [-0.05, 0) is 68.0 Å². The van der Waals surface area contributed by atoms with Crippen molar-refractivity contribution in [2.45, 2.75) is 37.0 Å². The molecule has 5 rings (SSSR count). The zero-order valence-corrected chi connectivity index (χ0v) is 18.2. The summed E-state index contributed by atoms with van der Waals surface area (Å²) in [6.07, 6.45) is 4.55. The molecule has 31 heavy (non-hydrogen) atoms. The lowest BCUT2D eigenvalue weighted by molar-refractivity contribution is 0.102. The highest BCUT2D eigenvalue weighted by Gasteiger charge is 2.29. The van der Waals surface area contributed by atoms with Crippen LogP contribution in [0.1, 0.15) is 40.0 Å². The number of hydrogen-bond donors (Lipinski definition) is 1. The summed E-state index contributed by atoms with van der Waals surface area (Å²) in [6.45, 7) is 0.452. The molecule has 160 valence electrons. The normalized spacial score (nSPS) is 15.5. The molecule has 2 aliphatic rings. The largest absolute Gasteiger partial charge is 0.307 e. The van der Waals surface area contributed by atoms with Gasteiger partial charge >= 0.3 is 0 Å². The number of carbonyl (C=O) groups is 1. The minimum absolute atomic E-state index is 0.183. The second-order valence-electron chi connectivity index (χ2n) is 8.04. The molecule has 1 N–H and O–H groups in total. The molecule has 0 unspecified atom stereocenters. The molecule has 8 heteroatoms. The van der Waals surface area contributed by atoms with E-state index in [-0.39, 0.29) is 10.8 Å². The van der Waals surface area contributed by atoms with Crippen LogP contribution in [0.4, 0.5) is 11.5 Å². The van der Waals surface area contributed by atoms with Crippen LogP contribution in [0, 0.1) is 0 Å². The fourth-order valence-electron chi connectivity index (χ4n) is 4.51. The number of para-hydroxylation sites is 1. The lowest BCUT2D eigenvalue weighted by Crippen LogP contribution is -2.35. The van der Waals surface area contributed by atoms with Crippen LogP contribution >= 0.6 is 0 Å². The molecule has 0 saturated carbocycles. The minimum atomic E-state index is -3.70.